The third kappa shape index (κ3) is 1.44. The smallest absolute Gasteiger partial charge is 0.309 e. The fourth-order valence-electron chi connectivity index (χ4n) is 3.35. The van der Waals surface area contributed by atoms with Crippen LogP contribution in [0.5, 0.6) is 0 Å². The number of carboxylic acids is 1. The number of hydrogen-bond donors (Lipinski definition) is 2. The van der Waals surface area contributed by atoms with Crippen LogP contribution in [-0.2, 0) is 4.79 Å². The van der Waals surface area contributed by atoms with Crippen LogP contribution in [0.25, 0.3) is 0 Å². The van der Waals surface area contributed by atoms with Crippen LogP contribution in [0.2, 0.25) is 0 Å². The van der Waals surface area contributed by atoms with Crippen molar-refractivity contribution in [1.82, 2.24) is 0 Å². The van der Waals surface area contributed by atoms with E-state index >= 15 is 0 Å². The molecule has 0 amide bonds. The van der Waals surface area contributed by atoms with Crippen molar-refractivity contribution in [2.45, 2.75) is 38.5 Å². The molecule has 0 spiro atoms. The molecule has 0 aromatic carbocycles. The van der Waals surface area contributed by atoms with Gasteiger partial charge in [-0.25, -0.2) is 0 Å². The molecule has 3 nitrogen and oxygen atoms in total. The van der Waals surface area contributed by atoms with Crippen LogP contribution in [0, 0.1) is 17.3 Å². The van der Waals surface area contributed by atoms with Gasteiger partial charge in [0.25, 0.3) is 0 Å². The first-order valence-electron chi connectivity index (χ1n) is 5.61. The Morgan fingerprint density at radius 2 is 2.21 bits per heavy atom. The average Bonchev–Trinajstić information content (AvgIpc) is 2.18. The molecule has 2 bridgehead atoms. The van der Waals surface area contributed by atoms with E-state index in [4.69, 9.17) is 5.73 Å². The fraction of sp³-hybridized carbons (Fsp3) is 0.909. The first-order chi connectivity index (χ1) is 6.68. The third-order valence-corrected chi connectivity index (χ3v) is 4.30. The molecule has 0 saturated heterocycles. The van der Waals surface area contributed by atoms with E-state index in [-0.39, 0.29) is 5.41 Å². The fourth-order valence-corrected chi connectivity index (χ4v) is 3.35. The van der Waals surface area contributed by atoms with Crippen molar-refractivity contribution < 1.29 is 9.90 Å². The van der Waals surface area contributed by atoms with E-state index in [0.29, 0.717) is 11.8 Å². The van der Waals surface area contributed by atoms with Crippen LogP contribution in [0.4, 0.5) is 0 Å². The monoisotopic (exact) mass is 197 g/mol. The number of hydrogen-bond acceptors (Lipinski definition) is 2. The van der Waals surface area contributed by atoms with Crippen LogP contribution < -0.4 is 5.73 Å². The lowest BCUT2D eigenvalue weighted by Crippen LogP contribution is -2.44. The van der Waals surface area contributed by atoms with E-state index in [1.807, 2.05) is 0 Å². The number of carbonyl (C=O) groups is 1. The van der Waals surface area contributed by atoms with Crippen molar-refractivity contribution in [2.75, 3.05) is 6.54 Å². The standard InChI is InChI=1S/C11H19NO2/c12-7-9-3-5-11(10(13)14)4-1-2-8(9)6-11/h8-9H,1-7,12H2,(H,13,14). The minimum atomic E-state index is -0.572. The molecule has 0 aliphatic heterocycles. The minimum absolute atomic E-state index is 0.380. The van der Waals surface area contributed by atoms with Gasteiger partial charge in [-0.05, 0) is 44.1 Å². The molecule has 2 aliphatic rings. The number of rotatable bonds is 2. The summed E-state index contributed by atoms with van der Waals surface area (Å²) in [6.07, 6.45) is 5.90. The van der Waals surface area contributed by atoms with Crippen molar-refractivity contribution in [3.05, 3.63) is 0 Å². The van der Waals surface area contributed by atoms with Crippen LogP contribution in [-0.4, -0.2) is 17.6 Å². The second-order valence-corrected chi connectivity index (χ2v) is 4.98. The summed E-state index contributed by atoms with van der Waals surface area (Å²) in [5.41, 5.74) is 5.33. The maximum absolute atomic E-state index is 11.3. The van der Waals surface area contributed by atoms with Gasteiger partial charge in [-0.1, -0.05) is 12.8 Å². The predicted octanol–water partition coefficient (Wildman–Crippen LogP) is 1.62. The Bertz CT molecular complexity index is 241. The van der Waals surface area contributed by atoms with Crippen molar-refractivity contribution in [3.8, 4) is 0 Å². The summed E-state index contributed by atoms with van der Waals surface area (Å²) in [5, 5.41) is 9.27. The lowest BCUT2D eigenvalue weighted by molar-refractivity contribution is -0.156. The van der Waals surface area contributed by atoms with E-state index in [2.05, 4.69) is 0 Å². The first-order valence-corrected chi connectivity index (χ1v) is 5.61. The van der Waals surface area contributed by atoms with E-state index in [0.717, 1.165) is 38.6 Å². The Labute approximate surface area is 84.7 Å². The van der Waals surface area contributed by atoms with E-state index in [1.54, 1.807) is 0 Å². The van der Waals surface area contributed by atoms with Gasteiger partial charge in [0.2, 0.25) is 0 Å². The Hall–Kier alpha value is -0.570. The van der Waals surface area contributed by atoms with Gasteiger partial charge in [0, 0.05) is 0 Å². The molecule has 3 N–H and O–H groups in total. The SMILES string of the molecule is NCC1CCC2(C(=O)O)CCCC1C2. The summed E-state index contributed by atoms with van der Waals surface area (Å²) >= 11 is 0. The second-order valence-electron chi connectivity index (χ2n) is 4.98. The molecular formula is C11H19NO2. The lowest BCUT2D eigenvalue weighted by atomic mass is 9.58. The molecule has 0 aromatic rings. The van der Waals surface area contributed by atoms with Crippen molar-refractivity contribution in [2.24, 2.45) is 23.0 Å². The van der Waals surface area contributed by atoms with E-state index < -0.39 is 5.97 Å². The second kappa shape index (κ2) is 3.54. The minimum Gasteiger partial charge on any atom is -0.481 e. The highest BCUT2D eigenvalue weighted by Crippen LogP contribution is 2.51. The molecule has 0 radical (unpaired) electrons. The highest BCUT2D eigenvalue weighted by molar-refractivity contribution is 5.75. The molecular weight excluding hydrogens is 178 g/mol. The number of fused-ring (bicyclic) bond motifs is 2. The van der Waals surface area contributed by atoms with E-state index in [9.17, 15) is 9.90 Å². The molecule has 3 unspecified atom stereocenters. The quantitative estimate of drug-likeness (QED) is 0.707. The number of nitrogens with two attached hydrogens (primary N) is 1. The maximum atomic E-state index is 11.3. The molecule has 0 heterocycles. The summed E-state index contributed by atoms with van der Waals surface area (Å²) in [6, 6.07) is 0. The van der Waals surface area contributed by atoms with Crippen LogP contribution in [0.3, 0.4) is 0 Å². The molecule has 80 valence electrons. The van der Waals surface area contributed by atoms with E-state index in [1.165, 1.54) is 6.42 Å². The molecule has 3 atom stereocenters. The summed E-state index contributed by atoms with van der Waals surface area (Å²) in [5.74, 6) is 0.596. The van der Waals surface area contributed by atoms with Crippen LogP contribution >= 0.6 is 0 Å². The average molecular weight is 197 g/mol. The highest BCUT2D eigenvalue weighted by atomic mass is 16.4. The summed E-state index contributed by atoms with van der Waals surface area (Å²) in [7, 11) is 0. The van der Waals surface area contributed by atoms with Gasteiger partial charge in [0.1, 0.15) is 0 Å². The van der Waals surface area contributed by atoms with Gasteiger partial charge in [-0.3, -0.25) is 4.79 Å². The summed E-state index contributed by atoms with van der Waals surface area (Å²) in [6.45, 7) is 0.736. The Balaban J connectivity index is 2.14. The van der Waals surface area contributed by atoms with Gasteiger partial charge in [-0.2, -0.15) is 0 Å². The molecule has 2 fully saturated rings. The van der Waals surface area contributed by atoms with Gasteiger partial charge >= 0.3 is 5.97 Å². The summed E-state index contributed by atoms with van der Waals surface area (Å²) in [4.78, 5) is 11.3. The topological polar surface area (TPSA) is 63.3 Å². The predicted molar refractivity (Wildman–Crippen MR) is 53.8 cm³/mol. The zero-order valence-electron chi connectivity index (χ0n) is 8.54. The van der Waals surface area contributed by atoms with Gasteiger partial charge in [0.05, 0.1) is 5.41 Å². The normalized spacial score (nSPS) is 42.1. The third-order valence-electron chi connectivity index (χ3n) is 4.30. The Morgan fingerprint density at radius 3 is 2.86 bits per heavy atom. The lowest BCUT2D eigenvalue weighted by Gasteiger charge is -2.46. The zero-order valence-corrected chi connectivity index (χ0v) is 8.54. The van der Waals surface area contributed by atoms with Crippen molar-refractivity contribution >= 4 is 5.97 Å². The largest absolute Gasteiger partial charge is 0.481 e. The number of carboxylic acid groups (broad SMARTS) is 1. The molecule has 14 heavy (non-hydrogen) atoms. The molecule has 0 aromatic heterocycles. The summed E-state index contributed by atoms with van der Waals surface area (Å²) < 4.78 is 0. The zero-order chi connectivity index (χ0) is 10.2. The van der Waals surface area contributed by atoms with Crippen LogP contribution in [0.15, 0.2) is 0 Å². The van der Waals surface area contributed by atoms with Crippen molar-refractivity contribution in [1.29, 1.82) is 0 Å². The van der Waals surface area contributed by atoms with Gasteiger partial charge < -0.3 is 10.8 Å². The molecule has 2 aliphatic carbocycles. The maximum Gasteiger partial charge on any atom is 0.309 e. The Morgan fingerprint density at radius 1 is 1.43 bits per heavy atom. The number of aliphatic carboxylic acids is 1. The first kappa shape index (κ1) is 9.97. The van der Waals surface area contributed by atoms with Crippen molar-refractivity contribution in [3.63, 3.8) is 0 Å². The Kier molecular flexibility index (Phi) is 2.52. The van der Waals surface area contributed by atoms with Gasteiger partial charge in [0.15, 0.2) is 0 Å². The molecule has 2 saturated carbocycles. The van der Waals surface area contributed by atoms with Crippen LogP contribution in [0.1, 0.15) is 38.5 Å². The molecule has 2 rings (SSSR count). The highest BCUT2D eigenvalue weighted by Gasteiger charge is 2.47. The molecule has 3 heteroatoms. The van der Waals surface area contributed by atoms with Gasteiger partial charge in [-0.15, -0.1) is 0 Å².